The third-order valence-electron chi connectivity index (χ3n) is 3.20. The van der Waals surface area contributed by atoms with E-state index in [-0.39, 0.29) is 0 Å². The minimum absolute atomic E-state index is 0.379. The van der Waals surface area contributed by atoms with Gasteiger partial charge in [-0.25, -0.2) is 9.97 Å². The normalized spacial score (nSPS) is 21.9. The number of aromatic nitrogens is 2. The van der Waals surface area contributed by atoms with Crippen molar-refractivity contribution in [1.82, 2.24) is 9.97 Å². The molecule has 0 radical (unpaired) electrons. The third-order valence-corrected chi connectivity index (χ3v) is 4.15. The highest BCUT2D eigenvalue weighted by atomic mass is 79.9. The molecule has 1 unspecified atom stereocenters. The standard InChI is InChI=1S/C12H18BrN3/c1-5-14-11-9(13)7(2)15-10(16-11)8-6-12(8,3)4/h8H,5-6H2,1-4H3,(H,14,15,16). The number of rotatable bonds is 3. The van der Waals surface area contributed by atoms with Gasteiger partial charge in [0.1, 0.15) is 11.6 Å². The fourth-order valence-corrected chi connectivity index (χ4v) is 2.25. The zero-order valence-corrected chi connectivity index (χ0v) is 11.8. The predicted molar refractivity (Wildman–Crippen MR) is 69.8 cm³/mol. The van der Waals surface area contributed by atoms with Crippen LogP contribution in [0.5, 0.6) is 0 Å². The summed E-state index contributed by atoms with van der Waals surface area (Å²) < 4.78 is 0.983. The summed E-state index contributed by atoms with van der Waals surface area (Å²) in [6, 6.07) is 0. The third kappa shape index (κ3) is 2.08. The summed E-state index contributed by atoms with van der Waals surface area (Å²) in [7, 11) is 0. The van der Waals surface area contributed by atoms with Crippen LogP contribution >= 0.6 is 15.9 Å². The summed E-state index contributed by atoms with van der Waals surface area (Å²) in [6.45, 7) is 9.51. The van der Waals surface area contributed by atoms with E-state index in [1.807, 2.05) is 6.92 Å². The Morgan fingerprint density at radius 1 is 1.44 bits per heavy atom. The maximum Gasteiger partial charge on any atom is 0.144 e. The topological polar surface area (TPSA) is 37.8 Å². The van der Waals surface area contributed by atoms with Crippen molar-refractivity contribution in [2.24, 2.45) is 5.41 Å². The molecule has 1 aliphatic carbocycles. The monoisotopic (exact) mass is 283 g/mol. The van der Waals surface area contributed by atoms with E-state index in [1.54, 1.807) is 0 Å². The molecule has 0 aromatic carbocycles. The molecule has 4 heteroatoms. The number of anilines is 1. The Morgan fingerprint density at radius 2 is 2.06 bits per heavy atom. The number of halogens is 1. The lowest BCUT2D eigenvalue weighted by Crippen LogP contribution is -2.07. The van der Waals surface area contributed by atoms with Crippen LogP contribution in [-0.4, -0.2) is 16.5 Å². The zero-order valence-electron chi connectivity index (χ0n) is 10.3. The minimum Gasteiger partial charge on any atom is -0.369 e. The second-order valence-corrected chi connectivity index (χ2v) is 5.90. The van der Waals surface area contributed by atoms with E-state index in [2.05, 4.69) is 52.0 Å². The second kappa shape index (κ2) is 3.99. The highest BCUT2D eigenvalue weighted by molar-refractivity contribution is 9.10. The molecule has 0 spiro atoms. The first-order valence-electron chi connectivity index (χ1n) is 5.73. The lowest BCUT2D eigenvalue weighted by atomic mass is 10.1. The fraction of sp³-hybridized carbons (Fsp3) is 0.667. The second-order valence-electron chi connectivity index (χ2n) is 5.11. The van der Waals surface area contributed by atoms with Crippen LogP contribution in [0.4, 0.5) is 5.82 Å². The van der Waals surface area contributed by atoms with Crippen LogP contribution in [0.1, 0.15) is 44.6 Å². The molecule has 0 saturated heterocycles. The van der Waals surface area contributed by atoms with E-state index < -0.39 is 0 Å². The van der Waals surface area contributed by atoms with Crippen molar-refractivity contribution in [1.29, 1.82) is 0 Å². The quantitative estimate of drug-likeness (QED) is 0.923. The Balaban J connectivity index is 2.34. The predicted octanol–water partition coefficient (Wildman–Crippen LogP) is 3.49. The van der Waals surface area contributed by atoms with Crippen molar-refractivity contribution in [3.63, 3.8) is 0 Å². The molecule has 1 saturated carbocycles. The van der Waals surface area contributed by atoms with E-state index in [4.69, 9.17) is 0 Å². The molecule has 1 heterocycles. The molecule has 1 atom stereocenters. The molecule has 88 valence electrons. The van der Waals surface area contributed by atoms with Crippen LogP contribution < -0.4 is 5.32 Å². The maximum atomic E-state index is 4.61. The van der Waals surface area contributed by atoms with Crippen LogP contribution in [0.15, 0.2) is 4.47 Å². The zero-order chi connectivity index (χ0) is 11.9. The largest absolute Gasteiger partial charge is 0.369 e. The molecule has 1 aliphatic rings. The van der Waals surface area contributed by atoms with Gasteiger partial charge in [-0.2, -0.15) is 0 Å². The van der Waals surface area contributed by atoms with Crippen molar-refractivity contribution >= 4 is 21.7 Å². The Bertz CT molecular complexity index is 415. The molecule has 0 bridgehead atoms. The highest BCUT2D eigenvalue weighted by Crippen LogP contribution is 2.57. The molecule has 1 N–H and O–H groups in total. The van der Waals surface area contributed by atoms with E-state index in [9.17, 15) is 0 Å². The summed E-state index contributed by atoms with van der Waals surface area (Å²) in [5.74, 6) is 2.44. The molecule has 16 heavy (non-hydrogen) atoms. The summed E-state index contributed by atoms with van der Waals surface area (Å²) in [5, 5.41) is 3.27. The first kappa shape index (κ1) is 11.8. The lowest BCUT2D eigenvalue weighted by molar-refractivity contribution is 0.607. The minimum atomic E-state index is 0.379. The van der Waals surface area contributed by atoms with Crippen LogP contribution in [0.25, 0.3) is 0 Å². The number of nitrogens with zero attached hydrogens (tertiary/aromatic N) is 2. The molecule has 0 amide bonds. The van der Waals surface area contributed by atoms with Gasteiger partial charge in [-0.3, -0.25) is 0 Å². The van der Waals surface area contributed by atoms with Gasteiger partial charge in [0.05, 0.1) is 10.2 Å². The van der Waals surface area contributed by atoms with Crippen molar-refractivity contribution in [3.8, 4) is 0 Å². The number of nitrogens with one attached hydrogen (secondary N) is 1. The molecule has 1 fully saturated rings. The van der Waals surface area contributed by atoms with Gasteiger partial charge in [-0.1, -0.05) is 13.8 Å². The first-order valence-corrected chi connectivity index (χ1v) is 6.53. The Morgan fingerprint density at radius 3 is 2.56 bits per heavy atom. The van der Waals surface area contributed by atoms with Crippen molar-refractivity contribution < 1.29 is 0 Å². The van der Waals surface area contributed by atoms with Gasteiger partial charge in [0.2, 0.25) is 0 Å². The van der Waals surface area contributed by atoms with Gasteiger partial charge in [0.15, 0.2) is 0 Å². The summed E-state index contributed by atoms with van der Waals surface area (Å²) in [5.41, 5.74) is 1.40. The van der Waals surface area contributed by atoms with Gasteiger partial charge >= 0.3 is 0 Å². The molecular weight excluding hydrogens is 266 g/mol. The van der Waals surface area contributed by atoms with Gasteiger partial charge in [-0.15, -0.1) is 0 Å². The maximum absolute atomic E-state index is 4.61. The number of aryl methyl sites for hydroxylation is 1. The first-order chi connectivity index (χ1) is 7.45. The van der Waals surface area contributed by atoms with Crippen LogP contribution in [0, 0.1) is 12.3 Å². The number of hydrogen-bond donors (Lipinski definition) is 1. The van der Waals surface area contributed by atoms with Gasteiger partial charge in [-0.05, 0) is 41.6 Å². The van der Waals surface area contributed by atoms with Gasteiger partial charge < -0.3 is 5.32 Å². The summed E-state index contributed by atoms with van der Waals surface area (Å²) in [4.78, 5) is 9.19. The van der Waals surface area contributed by atoms with E-state index in [0.717, 1.165) is 28.4 Å². The highest BCUT2D eigenvalue weighted by Gasteiger charge is 2.48. The molecular formula is C12H18BrN3. The average molecular weight is 284 g/mol. The van der Waals surface area contributed by atoms with Gasteiger partial charge in [0, 0.05) is 12.5 Å². The van der Waals surface area contributed by atoms with Crippen LogP contribution in [0.2, 0.25) is 0 Å². The van der Waals surface area contributed by atoms with E-state index in [1.165, 1.54) is 6.42 Å². The van der Waals surface area contributed by atoms with Crippen molar-refractivity contribution in [2.45, 2.75) is 40.0 Å². The van der Waals surface area contributed by atoms with Crippen molar-refractivity contribution in [2.75, 3.05) is 11.9 Å². The average Bonchev–Trinajstić information content (AvgIpc) is 2.83. The van der Waals surface area contributed by atoms with Crippen molar-refractivity contribution in [3.05, 3.63) is 16.0 Å². The molecule has 0 aliphatic heterocycles. The molecule has 1 aromatic rings. The summed E-state index contributed by atoms with van der Waals surface area (Å²) in [6.07, 6.45) is 1.19. The van der Waals surface area contributed by atoms with E-state index in [0.29, 0.717) is 11.3 Å². The lowest BCUT2D eigenvalue weighted by Gasteiger charge is -2.10. The Kier molecular flexibility index (Phi) is 2.95. The molecule has 1 aromatic heterocycles. The van der Waals surface area contributed by atoms with Crippen LogP contribution in [0.3, 0.4) is 0 Å². The Hall–Kier alpha value is -0.640. The number of hydrogen-bond acceptors (Lipinski definition) is 3. The smallest absolute Gasteiger partial charge is 0.144 e. The molecule has 3 nitrogen and oxygen atoms in total. The van der Waals surface area contributed by atoms with Gasteiger partial charge in [0.25, 0.3) is 0 Å². The SMILES string of the molecule is CCNc1nc(C2CC2(C)C)nc(C)c1Br. The fourth-order valence-electron chi connectivity index (χ4n) is 1.93. The van der Waals surface area contributed by atoms with Crippen LogP contribution in [-0.2, 0) is 0 Å². The summed E-state index contributed by atoms with van der Waals surface area (Å²) >= 11 is 3.53. The Labute approximate surface area is 105 Å². The van der Waals surface area contributed by atoms with E-state index >= 15 is 0 Å². The molecule has 2 rings (SSSR count).